The SMILES string of the molecule is CCCN(C)S(=O)(=O)N(CCN(C)C)C1CCCC1. The zero-order chi connectivity index (χ0) is 14.5. The lowest BCUT2D eigenvalue weighted by molar-refractivity contribution is 0.264. The monoisotopic (exact) mass is 291 g/mol. The molecule has 1 aliphatic rings. The molecular weight excluding hydrogens is 262 g/mol. The molecule has 0 aromatic rings. The van der Waals surface area contributed by atoms with Crippen LogP contribution in [0.25, 0.3) is 0 Å². The highest BCUT2D eigenvalue weighted by Crippen LogP contribution is 2.26. The van der Waals surface area contributed by atoms with Gasteiger partial charge in [0.1, 0.15) is 0 Å². The smallest absolute Gasteiger partial charge is 0.282 e. The van der Waals surface area contributed by atoms with Crippen LogP contribution in [0.1, 0.15) is 39.0 Å². The molecule has 0 spiro atoms. The molecule has 0 N–H and O–H groups in total. The highest BCUT2D eigenvalue weighted by molar-refractivity contribution is 7.86. The molecule has 0 saturated heterocycles. The van der Waals surface area contributed by atoms with Gasteiger partial charge in [-0.15, -0.1) is 0 Å². The average molecular weight is 291 g/mol. The van der Waals surface area contributed by atoms with Crippen LogP contribution in [0.4, 0.5) is 0 Å². The van der Waals surface area contributed by atoms with Crippen LogP contribution in [-0.2, 0) is 10.2 Å². The van der Waals surface area contributed by atoms with Crippen molar-refractivity contribution in [3.63, 3.8) is 0 Å². The third-order valence-corrected chi connectivity index (χ3v) is 5.77. The number of likely N-dealkylation sites (N-methyl/N-ethyl adjacent to an activating group) is 1. The van der Waals surface area contributed by atoms with Crippen LogP contribution in [0, 0.1) is 0 Å². The molecule has 114 valence electrons. The molecule has 0 aromatic heterocycles. The van der Waals surface area contributed by atoms with Crippen molar-refractivity contribution < 1.29 is 8.42 Å². The van der Waals surface area contributed by atoms with Crippen molar-refractivity contribution >= 4 is 10.2 Å². The lowest BCUT2D eigenvalue weighted by Crippen LogP contribution is -2.48. The zero-order valence-electron chi connectivity index (χ0n) is 12.8. The Morgan fingerprint density at radius 1 is 1.00 bits per heavy atom. The Balaban J connectivity index is 2.81. The van der Waals surface area contributed by atoms with E-state index in [4.69, 9.17) is 0 Å². The maximum atomic E-state index is 12.7. The van der Waals surface area contributed by atoms with E-state index in [1.165, 1.54) is 4.31 Å². The minimum absolute atomic E-state index is 0.198. The highest BCUT2D eigenvalue weighted by Gasteiger charge is 2.34. The van der Waals surface area contributed by atoms with Gasteiger partial charge in [0.25, 0.3) is 10.2 Å². The van der Waals surface area contributed by atoms with Crippen LogP contribution < -0.4 is 0 Å². The summed E-state index contributed by atoms with van der Waals surface area (Å²) in [5.74, 6) is 0. The van der Waals surface area contributed by atoms with Gasteiger partial charge in [-0.3, -0.25) is 0 Å². The molecule has 1 saturated carbocycles. The number of hydrogen-bond acceptors (Lipinski definition) is 3. The van der Waals surface area contributed by atoms with E-state index in [-0.39, 0.29) is 6.04 Å². The summed E-state index contributed by atoms with van der Waals surface area (Å²) in [6, 6.07) is 0.198. The van der Waals surface area contributed by atoms with E-state index < -0.39 is 10.2 Å². The van der Waals surface area contributed by atoms with Gasteiger partial charge in [0, 0.05) is 32.7 Å². The molecule has 0 unspecified atom stereocenters. The summed E-state index contributed by atoms with van der Waals surface area (Å²) in [6.45, 7) is 3.96. The van der Waals surface area contributed by atoms with Crippen LogP contribution in [0.3, 0.4) is 0 Å². The summed E-state index contributed by atoms with van der Waals surface area (Å²) in [4.78, 5) is 2.04. The molecule has 0 aromatic carbocycles. The lowest BCUT2D eigenvalue weighted by Gasteiger charge is -2.32. The second-order valence-corrected chi connectivity index (χ2v) is 7.67. The minimum Gasteiger partial charge on any atom is -0.308 e. The van der Waals surface area contributed by atoms with Crippen LogP contribution in [0.2, 0.25) is 0 Å². The van der Waals surface area contributed by atoms with Crippen LogP contribution >= 0.6 is 0 Å². The maximum Gasteiger partial charge on any atom is 0.282 e. The van der Waals surface area contributed by atoms with Crippen molar-refractivity contribution in [3.8, 4) is 0 Å². The van der Waals surface area contributed by atoms with Gasteiger partial charge >= 0.3 is 0 Å². The number of rotatable bonds is 8. The average Bonchev–Trinajstić information content (AvgIpc) is 2.82. The van der Waals surface area contributed by atoms with Crippen molar-refractivity contribution in [2.24, 2.45) is 0 Å². The predicted octanol–water partition coefficient (Wildman–Crippen LogP) is 1.38. The third-order valence-electron chi connectivity index (χ3n) is 3.73. The fourth-order valence-electron chi connectivity index (χ4n) is 2.59. The van der Waals surface area contributed by atoms with Gasteiger partial charge in [-0.2, -0.15) is 17.0 Å². The van der Waals surface area contributed by atoms with E-state index in [9.17, 15) is 8.42 Å². The molecule has 0 amide bonds. The first-order chi connectivity index (χ1) is 8.89. The van der Waals surface area contributed by atoms with Crippen molar-refractivity contribution in [3.05, 3.63) is 0 Å². The fraction of sp³-hybridized carbons (Fsp3) is 1.00. The first-order valence-corrected chi connectivity index (χ1v) is 8.67. The molecule has 6 heteroatoms. The fourth-order valence-corrected chi connectivity index (χ4v) is 4.26. The third kappa shape index (κ3) is 4.70. The second kappa shape index (κ2) is 7.57. The van der Waals surface area contributed by atoms with Gasteiger partial charge in [-0.25, -0.2) is 0 Å². The summed E-state index contributed by atoms with van der Waals surface area (Å²) in [5, 5.41) is 0. The molecule has 1 fully saturated rings. The van der Waals surface area contributed by atoms with Crippen molar-refractivity contribution in [1.82, 2.24) is 13.5 Å². The normalized spacial score (nSPS) is 18.1. The van der Waals surface area contributed by atoms with Gasteiger partial charge in [-0.05, 0) is 33.4 Å². The van der Waals surface area contributed by atoms with Crippen molar-refractivity contribution in [2.75, 3.05) is 40.8 Å². The standard InChI is InChI=1S/C13H29N3O2S/c1-5-10-15(4)19(17,18)16(12-11-14(2)3)13-8-6-7-9-13/h13H,5-12H2,1-4H3. The Bertz CT molecular complexity index is 351. The second-order valence-electron chi connectivity index (χ2n) is 5.68. The van der Waals surface area contributed by atoms with E-state index in [2.05, 4.69) is 0 Å². The Hall–Kier alpha value is -0.170. The van der Waals surface area contributed by atoms with Gasteiger partial charge in [0.2, 0.25) is 0 Å². The molecule has 1 rings (SSSR count). The van der Waals surface area contributed by atoms with Crippen molar-refractivity contribution in [2.45, 2.75) is 45.1 Å². The van der Waals surface area contributed by atoms with Crippen LogP contribution in [-0.4, -0.2) is 68.7 Å². The zero-order valence-corrected chi connectivity index (χ0v) is 13.6. The summed E-state index contributed by atoms with van der Waals surface area (Å²) in [6.07, 6.45) is 5.16. The minimum atomic E-state index is -3.30. The topological polar surface area (TPSA) is 43.9 Å². The van der Waals surface area contributed by atoms with E-state index >= 15 is 0 Å². The summed E-state index contributed by atoms with van der Waals surface area (Å²) in [5.41, 5.74) is 0. The van der Waals surface area contributed by atoms with E-state index in [1.54, 1.807) is 11.4 Å². The van der Waals surface area contributed by atoms with E-state index in [0.29, 0.717) is 13.1 Å². The Kier molecular flexibility index (Phi) is 6.73. The predicted molar refractivity (Wildman–Crippen MR) is 79.4 cm³/mol. The van der Waals surface area contributed by atoms with Gasteiger partial charge in [-0.1, -0.05) is 19.8 Å². The molecule has 19 heavy (non-hydrogen) atoms. The molecule has 0 bridgehead atoms. The molecule has 0 atom stereocenters. The quantitative estimate of drug-likeness (QED) is 0.678. The van der Waals surface area contributed by atoms with Crippen molar-refractivity contribution in [1.29, 1.82) is 0 Å². The van der Waals surface area contributed by atoms with Crippen LogP contribution in [0.5, 0.6) is 0 Å². The van der Waals surface area contributed by atoms with Crippen LogP contribution in [0.15, 0.2) is 0 Å². The molecule has 1 aliphatic carbocycles. The Morgan fingerprint density at radius 3 is 2.05 bits per heavy atom. The van der Waals surface area contributed by atoms with Gasteiger partial charge in [0.05, 0.1) is 0 Å². The lowest BCUT2D eigenvalue weighted by atomic mass is 10.2. The molecule has 0 heterocycles. The highest BCUT2D eigenvalue weighted by atomic mass is 32.2. The van der Waals surface area contributed by atoms with Gasteiger partial charge < -0.3 is 4.90 Å². The molecule has 0 aliphatic heterocycles. The molecule has 5 nitrogen and oxygen atoms in total. The number of nitrogens with zero attached hydrogens (tertiary/aromatic N) is 3. The Morgan fingerprint density at radius 2 is 1.58 bits per heavy atom. The molecular formula is C13H29N3O2S. The maximum absolute atomic E-state index is 12.7. The largest absolute Gasteiger partial charge is 0.308 e. The summed E-state index contributed by atoms with van der Waals surface area (Å²) < 4.78 is 28.5. The molecule has 0 radical (unpaired) electrons. The van der Waals surface area contributed by atoms with E-state index in [1.807, 2.05) is 25.9 Å². The first kappa shape index (κ1) is 16.9. The number of hydrogen-bond donors (Lipinski definition) is 0. The van der Waals surface area contributed by atoms with E-state index in [0.717, 1.165) is 38.6 Å². The summed E-state index contributed by atoms with van der Waals surface area (Å²) >= 11 is 0. The van der Waals surface area contributed by atoms with Gasteiger partial charge in [0.15, 0.2) is 0 Å². The first-order valence-electron chi connectivity index (χ1n) is 7.27. The Labute approximate surface area is 118 Å². The summed E-state index contributed by atoms with van der Waals surface area (Å²) in [7, 11) is 2.35.